The smallest absolute Gasteiger partial charge is 0.344 e. The van der Waals surface area contributed by atoms with E-state index in [2.05, 4.69) is 0 Å². The standard InChI is InChI=1S/C20H18O5/c1-13(2)25-19(21)12-23-15-8-9-16-18(10-15)24-11-17(20(16)22)14-6-4-3-5-7-14/h3-11,13H,12H2,1-2H3. The number of esters is 1. The molecule has 0 radical (unpaired) electrons. The Morgan fingerprint density at radius 1 is 1.12 bits per heavy atom. The Balaban J connectivity index is 1.85. The molecule has 0 aliphatic carbocycles. The molecule has 0 saturated carbocycles. The number of hydrogen-bond acceptors (Lipinski definition) is 5. The summed E-state index contributed by atoms with van der Waals surface area (Å²) in [5.74, 6) is -0.0141. The van der Waals surface area contributed by atoms with Crippen LogP contribution in [0.15, 0.2) is 64.0 Å². The van der Waals surface area contributed by atoms with Gasteiger partial charge in [0, 0.05) is 6.07 Å². The Kier molecular flexibility index (Phi) is 4.84. The minimum atomic E-state index is -0.448. The Hall–Kier alpha value is -3.08. The van der Waals surface area contributed by atoms with Crippen LogP contribution < -0.4 is 10.2 Å². The lowest BCUT2D eigenvalue weighted by atomic mass is 10.1. The van der Waals surface area contributed by atoms with Crippen LogP contribution in [0.3, 0.4) is 0 Å². The summed E-state index contributed by atoms with van der Waals surface area (Å²) in [6, 6.07) is 14.2. The third-order valence-electron chi connectivity index (χ3n) is 3.55. The highest BCUT2D eigenvalue weighted by Gasteiger charge is 2.11. The van der Waals surface area contributed by atoms with Crippen LogP contribution in [0.2, 0.25) is 0 Å². The summed E-state index contributed by atoms with van der Waals surface area (Å²) >= 11 is 0. The van der Waals surface area contributed by atoms with Crippen molar-refractivity contribution < 1.29 is 18.7 Å². The second-order valence-electron chi connectivity index (χ2n) is 5.83. The zero-order chi connectivity index (χ0) is 17.8. The van der Waals surface area contributed by atoms with E-state index in [-0.39, 0.29) is 18.1 Å². The molecule has 1 aromatic heterocycles. The van der Waals surface area contributed by atoms with Gasteiger partial charge in [-0.1, -0.05) is 30.3 Å². The maximum atomic E-state index is 12.7. The van der Waals surface area contributed by atoms with Crippen molar-refractivity contribution in [3.63, 3.8) is 0 Å². The monoisotopic (exact) mass is 338 g/mol. The van der Waals surface area contributed by atoms with Crippen LogP contribution in [-0.2, 0) is 9.53 Å². The van der Waals surface area contributed by atoms with Crippen molar-refractivity contribution in [2.24, 2.45) is 0 Å². The number of rotatable bonds is 5. The van der Waals surface area contributed by atoms with Crippen LogP contribution in [0.4, 0.5) is 0 Å². The molecular weight excluding hydrogens is 320 g/mol. The summed E-state index contributed by atoms with van der Waals surface area (Å²) in [5.41, 5.74) is 1.59. The molecule has 2 aromatic carbocycles. The van der Waals surface area contributed by atoms with Crippen LogP contribution in [-0.4, -0.2) is 18.7 Å². The third kappa shape index (κ3) is 3.88. The number of hydrogen-bond donors (Lipinski definition) is 0. The van der Waals surface area contributed by atoms with E-state index in [9.17, 15) is 9.59 Å². The molecule has 25 heavy (non-hydrogen) atoms. The summed E-state index contributed by atoms with van der Waals surface area (Å²) in [6.07, 6.45) is 1.25. The van der Waals surface area contributed by atoms with Gasteiger partial charge >= 0.3 is 5.97 Å². The quantitative estimate of drug-likeness (QED) is 0.662. The molecule has 128 valence electrons. The minimum Gasteiger partial charge on any atom is -0.482 e. The molecule has 0 spiro atoms. The van der Waals surface area contributed by atoms with E-state index in [0.717, 1.165) is 5.56 Å². The van der Waals surface area contributed by atoms with Crippen LogP contribution >= 0.6 is 0 Å². The normalized spacial score (nSPS) is 10.8. The highest BCUT2D eigenvalue weighted by atomic mass is 16.6. The molecule has 0 aliphatic rings. The van der Waals surface area contributed by atoms with Gasteiger partial charge in [-0.05, 0) is 31.5 Å². The van der Waals surface area contributed by atoms with Gasteiger partial charge < -0.3 is 13.9 Å². The lowest BCUT2D eigenvalue weighted by molar-refractivity contribution is -0.149. The van der Waals surface area contributed by atoms with Gasteiger partial charge in [0.25, 0.3) is 0 Å². The van der Waals surface area contributed by atoms with Gasteiger partial charge in [0.15, 0.2) is 12.0 Å². The van der Waals surface area contributed by atoms with Gasteiger partial charge in [0.05, 0.1) is 17.1 Å². The summed E-state index contributed by atoms with van der Waals surface area (Å²) in [6.45, 7) is 3.34. The molecule has 0 aliphatic heterocycles. The molecular formula is C20H18O5. The Morgan fingerprint density at radius 3 is 2.60 bits per heavy atom. The molecule has 0 N–H and O–H groups in total. The van der Waals surface area contributed by atoms with Gasteiger partial charge in [-0.15, -0.1) is 0 Å². The van der Waals surface area contributed by atoms with E-state index in [0.29, 0.717) is 22.3 Å². The van der Waals surface area contributed by atoms with Crippen molar-refractivity contribution in [1.82, 2.24) is 0 Å². The first-order valence-electron chi connectivity index (χ1n) is 7.98. The first-order chi connectivity index (χ1) is 12.0. The van der Waals surface area contributed by atoms with E-state index in [1.807, 2.05) is 30.3 Å². The van der Waals surface area contributed by atoms with Gasteiger partial charge in [-0.3, -0.25) is 4.79 Å². The molecule has 5 heteroatoms. The molecule has 1 heterocycles. The number of ether oxygens (including phenoxy) is 2. The van der Waals surface area contributed by atoms with Crippen LogP contribution in [0.1, 0.15) is 13.8 Å². The molecule has 3 aromatic rings. The largest absolute Gasteiger partial charge is 0.482 e. The van der Waals surface area contributed by atoms with Gasteiger partial charge in [0.2, 0.25) is 0 Å². The average Bonchev–Trinajstić information content (AvgIpc) is 2.60. The van der Waals surface area contributed by atoms with Crippen molar-refractivity contribution in [2.75, 3.05) is 6.61 Å². The number of carbonyl (C=O) groups excluding carboxylic acids is 1. The summed E-state index contributed by atoms with van der Waals surface area (Å²) in [5, 5.41) is 0.457. The van der Waals surface area contributed by atoms with Crippen LogP contribution in [0.25, 0.3) is 22.1 Å². The second-order valence-corrected chi connectivity index (χ2v) is 5.83. The molecule has 0 amide bonds. The summed E-state index contributed by atoms with van der Waals surface area (Å²) < 4.78 is 16.0. The van der Waals surface area contributed by atoms with Crippen LogP contribution in [0, 0.1) is 0 Å². The SMILES string of the molecule is CC(C)OC(=O)COc1ccc2c(=O)c(-c3ccccc3)coc2c1. The van der Waals surface area contributed by atoms with Crippen LogP contribution in [0.5, 0.6) is 5.75 Å². The fourth-order valence-electron chi connectivity index (χ4n) is 2.45. The van der Waals surface area contributed by atoms with Crippen molar-refractivity contribution in [1.29, 1.82) is 0 Å². The van der Waals surface area contributed by atoms with Gasteiger partial charge in [-0.2, -0.15) is 0 Å². The van der Waals surface area contributed by atoms with Gasteiger partial charge in [0.1, 0.15) is 17.6 Å². The molecule has 0 bridgehead atoms. The van der Waals surface area contributed by atoms with Gasteiger partial charge in [-0.25, -0.2) is 4.79 Å². The molecule has 5 nitrogen and oxygen atoms in total. The highest BCUT2D eigenvalue weighted by molar-refractivity contribution is 5.82. The lowest BCUT2D eigenvalue weighted by Gasteiger charge is -2.09. The Labute approximate surface area is 144 Å². The van der Waals surface area contributed by atoms with E-state index in [1.54, 1.807) is 32.0 Å². The Bertz CT molecular complexity index is 941. The fourth-order valence-corrected chi connectivity index (χ4v) is 2.45. The average molecular weight is 338 g/mol. The zero-order valence-electron chi connectivity index (χ0n) is 14.0. The molecule has 0 fully saturated rings. The van der Waals surface area contributed by atoms with Crippen molar-refractivity contribution in [3.05, 3.63) is 65.0 Å². The van der Waals surface area contributed by atoms with E-state index >= 15 is 0 Å². The predicted molar refractivity (Wildman–Crippen MR) is 94.6 cm³/mol. The molecule has 3 rings (SSSR count). The van der Waals surface area contributed by atoms with Crippen molar-refractivity contribution in [3.8, 4) is 16.9 Å². The summed E-state index contributed by atoms with van der Waals surface area (Å²) in [7, 11) is 0. The highest BCUT2D eigenvalue weighted by Crippen LogP contribution is 2.23. The number of benzene rings is 2. The van der Waals surface area contributed by atoms with E-state index < -0.39 is 5.97 Å². The topological polar surface area (TPSA) is 65.7 Å². The van der Waals surface area contributed by atoms with Crippen molar-refractivity contribution >= 4 is 16.9 Å². The Morgan fingerprint density at radius 2 is 1.88 bits per heavy atom. The second kappa shape index (κ2) is 7.21. The fraction of sp³-hybridized carbons (Fsp3) is 0.200. The molecule has 0 saturated heterocycles. The maximum absolute atomic E-state index is 12.7. The maximum Gasteiger partial charge on any atom is 0.344 e. The van der Waals surface area contributed by atoms with E-state index in [1.165, 1.54) is 6.26 Å². The number of carbonyl (C=O) groups is 1. The number of fused-ring (bicyclic) bond motifs is 1. The molecule has 0 unspecified atom stereocenters. The molecule has 0 atom stereocenters. The lowest BCUT2D eigenvalue weighted by Crippen LogP contribution is -2.18. The predicted octanol–water partition coefficient (Wildman–Crippen LogP) is 3.79. The first-order valence-corrected chi connectivity index (χ1v) is 7.98. The van der Waals surface area contributed by atoms with Crippen molar-refractivity contribution in [2.45, 2.75) is 20.0 Å². The first kappa shape index (κ1) is 16.8. The minimum absolute atomic E-state index is 0.113. The summed E-state index contributed by atoms with van der Waals surface area (Å²) in [4.78, 5) is 24.2. The zero-order valence-corrected chi connectivity index (χ0v) is 14.0. The van der Waals surface area contributed by atoms with E-state index in [4.69, 9.17) is 13.9 Å². The third-order valence-corrected chi connectivity index (χ3v) is 3.55.